The SMILES string of the molecule is CCOC(=O)c1ccc(N2C(=O)CC(SC[C@H](N)C(=O)OCC)C2=O)cc1.Cl. The number of benzene rings is 1. The molecule has 1 saturated heterocycles. The highest BCUT2D eigenvalue weighted by atomic mass is 35.5. The maximum atomic E-state index is 12.6. The van der Waals surface area contributed by atoms with Crippen LogP contribution in [0.25, 0.3) is 0 Å². The molecule has 0 saturated carbocycles. The number of anilines is 1. The summed E-state index contributed by atoms with van der Waals surface area (Å²) in [7, 11) is 0. The largest absolute Gasteiger partial charge is 0.465 e. The van der Waals surface area contributed by atoms with Crippen LogP contribution in [-0.2, 0) is 23.9 Å². The van der Waals surface area contributed by atoms with Crippen molar-refractivity contribution < 1.29 is 28.7 Å². The highest BCUT2D eigenvalue weighted by molar-refractivity contribution is 8.00. The maximum Gasteiger partial charge on any atom is 0.338 e. The van der Waals surface area contributed by atoms with Gasteiger partial charge in [-0.2, -0.15) is 0 Å². The third-order valence-electron chi connectivity index (χ3n) is 3.81. The summed E-state index contributed by atoms with van der Waals surface area (Å²) in [6, 6.07) is 5.21. The van der Waals surface area contributed by atoms with Gasteiger partial charge in [-0.15, -0.1) is 24.2 Å². The van der Waals surface area contributed by atoms with Crippen molar-refractivity contribution in [2.45, 2.75) is 31.6 Å². The van der Waals surface area contributed by atoms with E-state index in [-0.39, 0.29) is 49.6 Å². The Morgan fingerprint density at radius 1 is 1.18 bits per heavy atom. The topological polar surface area (TPSA) is 116 Å². The van der Waals surface area contributed by atoms with E-state index < -0.39 is 23.2 Å². The van der Waals surface area contributed by atoms with Crippen LogP contribution in [0, 0.1) is 0 Å². The van der Waals surface area contributed by atoms with Crippen LogP contribution >= 0.6 is 24.2 Å². The molecule has 1 unspecified atom stereocenters. The average Bonchev–Trinajstić information content (AvgIpc) is 2.93. The number of thioether (sulfide) groups is 1. The molecule has 2 amide bonds. The van der Waals surface area contributed by atoms with Crippen LogP contribution in [0.3, 0.4) is 0 Å². The Hall–Kier alpha value is -2.10. The first-order chi connectivity index (χ1) is 12.9. The van der Waals surface area contributed by atoms with E-state index in [1.807, 2.05) is 0 Å². The number of esters is 2. The fraction of sp³-hybridized carbons (Fsp3) is 0.444. The Bertz CT molecular complexity index is 727. The number of halogens is 1. The third-order valence-corrected chi connectivity index (χ3v) is 5.13. The van der Waals surface area contributed by atoms with Crippen LogP contribution in [0.1, 0.15) is 30.6 Å². The molecular weight excluding hydrogens is 408 g/mol. The van der Waals surface area contributed by atoms with Gasteiger partial charge in [-0.1, -0.05) is 0 Å². The first-order valence-electron chi connectivity index (χ1n) is 8.56. The molecular formula is C18H23ClN2O6S. The first kappa shape index (κ1) is 23.9. The molecule has 8 nitrogen and oxygen atoms in total. The van der Waals surface area contributed by atoms with Gasteiger partial charge in [-0.05, 0) is 38.1 Å². The Morgan fingerprint density at radius 2 is 1.79 bits per heavy atom. The fourth-order valence-corrected chi connectivity index (χ4v) is 3.59. The molecule has 0 bridgehead atoms. The quantitative estimate of drug-likeness (QED) is 0.487. The number of nitrogens with zero attached hydrogens (tertiary/aromatic N) is 1. The van der Waals surface area contributed by atoms with Crippen LogP contribution < -0.4 is 10.6 Å². The Labute approximate surface area is 173 Å². The van der Waals surface area contributed by atoms with Crippen molar-refractivity contribution >= 4 is 53.6 Å². The molecule has 0 aromatic heterocycles. The van der Waals surface area contributed by atoms with E-state index >= 15 is 0 Å². The molecule has 1 fully saturated rings. The average molecular weight is 431 g/mol. The van der Waals surface area contributed by atoms with Gasteiger partial charge in [0.05, 0.1) is 29.7 Å². The van der Waals surface area contributed by atoms with Crippen molar-refractivity contribution in [3.05, 3.63) is 29.8 Å². The lowest BCUT2D eigenvalue weighted by Gasteiger charge is -2.16. The summed E-state index contributed by atoms with van der Waals surface area (Å²) in [6.45, 7) is 3.88. The summed E-state index contributed by atoms with van der Waals surface area (Å²) in [5.41, 5.74) is 6.45. The second kappa shape index (κ2) is 11.0. The lowest BCUT2D eigenvalue weighted by atomic mass is 10.2. The van der Waals surface area contributed by atoms with Crippen LogP contribution in [0.5, 0.6) is 0 Å². The highest BCUT2D eigenvalue weighted by Gasteiger charge is 2.40. The third kappa shape index (κ3) is 5.70. The lowest BCUT2D eigenvalue weighted by molar-refractivity contribution is -0.144. The number of carbonyl (C=O) groups excluding carboxylic acids is 4. The van der Waals surface area contributed by atoms with E-state index in [1.54, 1.807) is 13.8 Å². The summed E-state index contributed by atoms with van der Waals surface area (Å²) in [4.78, 5) is 49.2. The van der Waals surface area contributed by atoms with Gasteiger partial charge in [-0.25, -0.2) is 9.69 Å². The van der Waals surface area contributed by atoms with Crippen molar-refractivity contribution in [3.63, 3.8) is 0 Å². The van der Waals surface area contributed by atoms with E-state index in [0.717, 1.165) is 16.7 Å². The monoisotopic (exact) mass is 430 g/mol. The number of imide groups is 1. The summed E-state index contributed by atoms with van der Waals surface area (Å²) in [5.74, 6) is -1.54. The van der Waals surface area contributed by atoms with Gasteiger partial charge in [0.2, 0.25) is 11.8 Å². The summed E-state index contributed by atoms with van der Waals surface area (Å²) >= 11 is 1.16. The van der Waals surface area contributed by atoms with Crippen molar-refractivity contribution in [1.82, 2.24) is 0 Å². The standard InChI is InChI=1S/C18H22N2O6S.ClH/c1-3-25-17(23)11-5-7-12(8-6-11)20-15(21)9-14(16(20)22)27-10-13(19)18(24)26-4-2;/h5-8,13-14H,3-4,9-10,19H2,1-2H3;1H/t13-,14?;/m0./s1. The molecule has 154 valence electrons. The number of carbonyl (C=O) groups is 4. The van der Waals surface area contributed by atoms with Crippen LogP contribution in [-0.4, -0.2) is 54.0 Å². The summed E-state index contributed by atoms with van der Waals surface area (Å²) < 4.78 is 9.73. The van der Waals surface area contributed by atoms with Crippen molar-refractivity contribution in [2.24, 2.45) is 5.73 Å². The number of hydrogen-bond donors (Lipinski definition) is 1. The van der Waals surface area contributed by atoms with Crippen molar-refractivity contribution in [3.8, 4) is 0 Å². The van der Waals surface area contributed by atoms with Crippen molar-refractivity contribution in [1.29, 1.82) is 0 Å². The Morgan fingerprint density at radius 3 is 2.36 bits per heavy atom. The zero-order valence-corrected chi connectivity index (χ0v) is 17.2. The normalized spacial score (nSPS) is 17.1. The predicted molar refractivity (Wildman–Crippen MR) is 108 cm³/mol. The second-order valence-electron chi connectivity index (χ2n) is 5.72. The maximum absolute atomic E-state index is 12.6. The predicted octanol–water partition coefficient (Wildman–Crippen LogP) is 1.54. The molecule has 28 heavy (non-hydrogen) atoms. The minimum atomic E-state index is -0.851. The number of rotatable bonds is 8. The molecule has 2 N–H and O–H groups in total. The van der Waals surface area contributed by atoms with Crippen LogP contribution in [0.15, 0.2) is 24.3 Å². The molecule has 2 rings (SSSR count). The van der Waals surface area contributed by atoms with Gasteiger partial charge in [0.15, 0.2) is 0 Å². The van der Waals surface area contributed by atoms with E-state index in [9.17, 15) is 19.2 Å². The number of nitrogens with two attached hydrogens (primary N) is 1. The molecule has 0 radical (unpaired) electrons. The van der Waals surface area contributed by atoms with Gasteiger partial charge in [0, 0.05) is 12.2 Å². The zero-order chi connectivity index (χ0) is 20.0. The van der Waals surface area contributed by atoms with E-state index in [4.69, 9.17) is 15.2 Å². The Balaban J connectivity index is 0.00000392. The number of ether oxygens (including phenoxy) is 2. The molecule has 1 aliphatic rings. The molecule has 0 aliphatic carbocycles. The van der Waals surface area contributed by atoms with E-state index in [2.05, 4.69) is 0 Å². The van der Waals surface area contributed by atoms with Crippen LogP contribution in [0.2, 0.25) is 0 Å². The lowest BCUT2D eigenvalue weighted by Crippen LogP contribution is -2.36. The zero-order valence-electron chi connectivity index (χ0n) is 15.6. The van der Waals surface area contributed by atoms with Gasteiger partial charge in [0.25, 0.3) is 0 Å². The van der Waals surface area contributed by atoms with E-state index in [1.165, 1.54) is 24.3 Å². The minimum Gasteiger partial charge on any atom is -0.465 e. The van der Waals surface area contributed by atoms with Gasteiger partial charge in [-0.3, -0.25) is 14.4 Å². The molecule has 10 heteroatoms. The smallest absolute Gasteiger partial charge is 0.338 e. The summed E-state index contributed by atoms with van der Waals surface area (Å²) in [6.07, 6.45) is 0.0265. The minimum absolute atomic E-state index is 0. The van der Waals surface area contributed by atoms with Gasteiger partial charge in [0.1, 0.15) is 6.04 Å². The Kier molecular flexibility index (Phi) is 9.44. The van der Waals surface area contributed by atoms with Gasteiger partial charge >= 0.3 is 11.9 Å². The fourth-order valence-electron chi connectivity index (χ4n) is 2.50. The van der Waals surface area contributed by atoms with E-state index in [0.29, 0.717) is 11.3 Å². The van der Waals surface area contributed by atoms with Gasteiger partial charge < -0.3 is 15.2 Å². The number of amides is 2. The molecule has 1 aromatic carbocycles. The van der Waals surface area contributed by atoms with Crippen molar-refractivity contribution in [2.75, 3.05) is 23.9 Å². The molecule has 2 atom stereocenters. The number of hydrogen-bond acceptors (Lipinski definition) is 8. The second-order valence-corrected chi connectivity index (χ2v) is 6.96. The molecule has 1 aromatic rings. The molecule has 1 heterocycles. The summed E-state index contributed by atoms with van der Waals surface area (Å²) in [5, 5.41) is -0.609. The first-order valence-corrected chi connectivity index (χ1v) is 9.61. The van der Waals surface area contributed by atoms with Crippen LogP contribution in [0.4, 0.5) is 5.69 Å². The highest BCUT2D eigenvalue weighted by Crippen LogP contribution is 2.30. The molecule has 1 aliphatic heterocycles. The molecule has 0 spiro atoms.